The SMILES string of the molecule is COc1ccc(C)cc1S(=O)(=O)Nc1ccc2c(c1)CCCN2C(=O)c1ccccc1. The van der Waals surface area contributed by atoms with E-state index in [-0.39, 0.29) is 16.6 Å². The van der Waals surface area contributed by atoms with Crippen LogP contribution in [0.1, 0.15) is 27.9 Å². The van der Waals surface area contributed by atoms with Crippen LogP contribution in [0.15, 0.2) is 71.6 Å². The lowest BCUT2D eigenvalue weighted by molar-refractivity contribution is 0.0985. The molecule has 1 aliphatic heterocycles. The molecule has 1 amide bonds. The molecule has 31 heavy (non-hydrogen) atoms. The number of carbonyl (C=O) groups is 1. The zero-order valence-corrected chi connectivity index (χ0v) is 18.3. The van der Waals surface area contributed by atoms with Gasteiger partial charge in [-0.15, -0.1) is 0 Å². The zero-order valence-electron chi connectivity index (χ0n) is 17.5. The lowest BCUT2D eigenvalue weighted by Gasteiger charge is -2.30. The van der Waals surface area contributed by atoms with Gasteiger partial charge in [0.25, 0.3) is 15.9 Å². The molecule has 3 aromatic carbocycles. The van der Waals surface area contributed by atoms with E-state index in [2.05, 4.69) is 4.72 Å². The van der Waals surface area contributed by atoms with Crippen LogP contribution in [-0.2, 0) is 16.4 Å². The van der Waals surface area contributed by atoms with Crippen molar-refractivity contribution in [2.45, 2.75) is 24.7 Å². The first-order valence-corrected chi connectivity index (χ1v) is 11.5. The third-order valence-corrected chi connectivity index (χ3v) is 6.73. The van der Waals surface area contributed by atoms with Gasteiger partial charge in [-0.3, -0.25) is 9.52 Å². The van der Waals surface area contributed by atoms with E-state index < -0.39 is 10.0 Å². The number of methoxy groups -OCH3 is 1. The number of anilines is 2. The third-order valence-electron chi connectivity index (χ3n) is 5.32. The summed E-state index contributed by atoms with van der Waals surface area (Å²) < 4.78 is 33.9. The van der Waals surface area contributed by atoms with Gasteiger partial charge in [-0.1, -0.05) is 24.3 Å². The maximum absolute atomic E-state index is 13.0. The van der Waals surface area contributed by atoms with Crippen molar-refractivity contribution in [1.82, 2.24) is 0 Å². The predicted molar refractivity (Wildman–Crippen MR) is 121 cm³/mol. The van der Waals surface area contributed by atoms with Crippen LogP contribution >= 0.6 is 0 Å². The fourth-order valence-corrected chi connectivity index (χ4v) is 5.12. The van der Waals surface area contributed by atoms with Crippen molar-refractivity contribution in [1.29, 1.82) is 0 Å². The van der Waals surface area contributed by atoms with Crippen molar-refractivity contribution in [3.05, 3.63) is 83.4 Å². The van der Waals surface area contributed by atoms with Crippen LogP contribution < -0.4 is 14.4 Å². The fourth-order valence-electron chi connectivity index (χ4n) is 3.81. The average molecular weight is 437 g/mol. The standard InChI is InChI=1S/C24H24N2O4S/c1-17-10-13-22(30-2)23(15-17)31(28,29)25-20-11-12-21-19(16-20)9-6-14-26(21)24(27)18-7-4-3-5-8-18/h3-5,7-8,10-13,15-16,25H,6,9,14H2,1-2H3. The van der Waals surface area contributed by atoms with Crippen LogP contribution in [0.4, 0.5) is 11.4 Å². The number of nitrogens with zero attached hydrogens (tertiary/aromatic N) is 1. The van der Waals surface area contributed by atoms with Crippen LogP contribution in [-0.4, -0.2) is 28.0 Å². The number of benzene rings is 3. The number of hydrogen-bond acceptors (Lipinski definition) is 4. The lowest BCUT2D eigenvalue weighted by atomic mass is 10.00. The largest absolute Gasteiger partial charge is 0.495 e. The van der Waals surface area contributed by atoms with E-state index in [1.54, 1.807) is 53.4 Å². The van der Waals surface area contributed by atoms with Crippen LogP contribution in [0.2, 0.25) is 0 Å². The highest BCUT2D eigenvalue weighted by Crippen LogP contribution is 2.32. The molecule has 1 aliphatic rings. The summed E-state index contributed by atoms with van der Waals surface area (Å²) in [5, 5.41) is 0. The Morgan fingerprint density at radius 2 is 1.81 bits per heavy atom. The normalized spacial score (nSPS) is 13.4. The van der Waals surface area contributed by atoms with Crippen LogP contribution in [0, 0.1) is 6.92 Å². The van der Waals surface area contributed by atoms with Crippen molar-refractivity contribution in [2.75, 3.05) is 23.3 Å². The molecule has 0 aliphatic carbocycles. The fraction of sp³-hybridized carbons (Fsp3) is 0.208. The molecule has 4 rings (SSSR count). The number of fused-ring (bicyclic) bond motifs is 1. The molecule has 0 saturated heterocycles. The van der Waals surface area contributed by atoms with Crippen molar-refractivity contribution in [3.8, 4) is 5.75 Å². The quantitative estimate of drug-likeness (QED) is 0.643. The molecule has 0 fully saturated rings. The van der Waals surface area contributed by atoms with E-state index in [9.17, 15) is 13.2 Å². The van der Waals surface area contributed by atoms with E-state index in [0.29, 0.717) is 17.8 Å². The van der Waals surface area contributed by atoms with Crippen LogP contribution in [0.3, 0.4) is 0 Å². The molecule has 0 unspecified atom stereocenters. The number of aryl methyl sites for hydroxylation is 2. The third kappa shape index (κ3) is 4.27. The summed E-state index contributed by atoms with van der Waals surface area (Å²) in [5.41, 5.74) is 3.66. The second-order valence-corrected chi connectivity index (χ2v) is 9.18. The van der Waals surface area contributed by atoms with Crippen LogP contribution in [0.5, 0.6) is 5.75 Å². The topological polar surface area (TPSA) is 75.7 Å². The minimum atomic E-state index is -3.83. The zero-order chi connectivity index (χ0) is 22.0. The van der Waals surface area contributed by atoms with Gasteiger partial charge in [-0.05, 0) is 73.4 Å². The Hall–Kier alpha value is -3.32. The molecule has 1 N–H and O–H groups in total. The number of amides is 1. The molecular formula is C24H24N2O4S. The van der Waals surface area contributed by atoms with Gasteiger partial charge in [0.15, 0.2) is 0 Å². The van der Waals surface area contributed by atoms with Crippen LogP contribution in [0.25, 0.3) is 0 Å². The van der Waals surface area contributed by atoms with Gasteiger partial charge in [0.2, 0.25) is 0 Å². The molecule has 6 nitrogen and oxygen atoms in total. The number of nitrogens with one attached hydrogen (secondary N) is 1. The maximum atomic E-state index is 13.0. The molecule has 0 spiro atoms. The number of carbonyl (C=O) groups excluding carboxylic acids is 1. The minimum absolute atomic E-state index is 0.0561. The summed E-state index contributed by atoms with van der Waals surface area (Å²) >= 11 is 0. The smallest absolute Gasteiger partial charge is 0.265 e. The summed E-state index contributed by atoms with van der Waals surface area (Å²) in [5.74, 6) is 0.232. The first kappa shape index (κ1) is 20.9. The molecule has 3 aromatic rings. The summed E-state index contributed by atoms with van der Waals surface area (Å²) in [4.78, 5) is 14.8. The maximum Gasteiger partial charge on any atom is 0.265 e. The van der Waals surface area contributed by atoms with E-state index in [1.165, 1.54) is 7.11 Å². The van der Waals surface area contributed by atoms with Crippen molar-refractivity contribution in [3.63, 3.8) is 0 Å². The monoisotopic (exact) mass is 436 g/mol. The van der Waals surface area contributed by atoms with E-state index in [4.69, 9.17) is 4.74 Å². The molecule has 7 heteroatoms. The van der Waals surface area contributed by atoms with Gasteiger partial charge >= 0.3 is 0 Å². The number of ether oxygens (including phenoxy) is 1. The Morgan fingerprint density at radius 3 is 2.55 bits per heavy atom. The second-order valence-electron chi connectivity index (χ2n) is 7.53. The van der Waals surface area contributed by atoms with Gasteiger partial charge in [0.05, 0.1) is 7.11 Å². The summed E-state index contributed by atoms with van der Waals surface area (Å²) in [6, 6.07) is 19.5. The van der Waals surface area contributed by atoms with Gasteiger partial charge in [0, 0.05) is 23.5 Å². The van der Waals surface area contributed by atoms with Gasteiger partial charge in [-0.25, -0.2) is 8.42 Å². The van der Waals surface area contributed by atoms with Gasteiger partial charge in [-0.2, -0.15) is 0 Å². The Labute approximate surface area is 182 Å². The van der Waals surface area contributed by atoms with Gasteiger partial charge < -0.3 is 9.64 Å². The molecule has 1 heterocycles. The van der Waals surface area contributed by atoms with Crippen molar-refractivity contribution in [2.24, 2.45) is 0 Å². The Morgan fingerprint density at radius 1 is 1.03 bits per heavy atom. The molecule has 160 valence electrons. The summed E-state index contributed by atoms with van der Waals surface area (Å²) in [6.45, 7) is 2.46. The van der Waals surface area contributed by atoms with E-state index in [0.717, 1.165) is 29.7 Å². The van der Waals surface area contributed by atoms with Gasteiger partial charge in [0.1, 0.15) is 10.6 Å². The summed E-state index contributed by atoms with van der Waals surface area (Å²) in [7, 11) is -2.39. The van der Waals surface area contributed by atoms with E-state index in [1.807, 2.05) is 25.1 Å². The highest BCUT2D eigenvalue weighted by atomic mass is 32.2. The van der Waals surface area contributed by atoms with E-state index >= 15 is 0 Å². The lowest BCUT2D eigenvalue weighted by Crippen LogP contribution is -2.35. The average Bonchev–Trinajstić information content (AvgIpc) is 2.78. The first-order chi connectivity index (χ1) is 14.9. The Bertz CT molecular complexity index is 1220. The highest BCUT2D eigenvalue weighted by molar-refractivity contribution is 7.92. The Kier molecular flexibility index (Phi) is 5.69. The van der Waals surface area contributed by atoms with Crippen molar-refractivity contribution >= 4 is 27.3 Å². The number of rotatable bonds is 5. The molecular weight excluding hydrogens is 412 g/mol. The predicted octanol–water partition coefficient (Wildman–Crippen LogP) is 4.40. The summed E-state index contributed by atoms with van der Waals surface area (Å²) in [6.07, 6.45) is 1.59. The molecule has 0 atom stereocenters. The second kappa shape index (κ2) is 8.43. The molecule has 0 aromatic heterocycles. The first-order valence-electron chi connectivity index (χ1n) is 10.1. The number of hydrogen-bond donors (Lipinski definition) is 1. The Balaban J connectivity index is 1.63. The molecule has 0 bridgehead atoms. The van der Waals surface area contributed by atoms with Crippen molar-refractivity contribution < 1.29 is 17.9 Å². The minimum Gasteiger partial charge on any atom is -0.495 e. The molecule has 0 radical (unpaired) electrons. The number of sulfonamides is 1. The highest BCUT2D eigenvalue weighted by Gasteiger charge is 2.25. The molecule has 0 saturated carbocycles.